The molecule has 0 fully saturated rings. The molecule has 0 unspecified atom stereocenters. The summed E-state index contributed by atoms with van der Waals surface area (Å²) in [6.45, 7) is 4.02. The molecule has 0 bridgehead atoms. The number of nitrogens with one attached hydrogen (secondary N) is 1. The van der Waals surface area contributed by atoms with Gasteiger partial charge in [-0.15, -0.1) is 0 Å². The second kappa shape index (κ2) is 12.0. The summed E-state index contributed by atoms with van der Waals surface area (Å²) in [5.41, 5.74) is 6.28. The fraction of sp³-hybridized carbons (Fsp3) is 0.167. The van der Waals surface area contributed by atoms with Gasteiger partial charge in [0.25, 0.3) is 0 Å². The lowest BCUT2D eigenvalue weighted by Gasteiger charge is -2.14. The maximum absolute atomic E-state index is 12.8. The van der Waals surface area contributed by atoms with Gasteiger partial charge in [-0.2, -0.15) is 5.26 Å². The van der Waals surface area contributed by atoms with E-state index in [1.165, 1.54) is 11.8 Å². The topological polar surface area (TPSA) is 84.2 Å². The number of ether oxygens (including phenoxy) is 2. The Balaban J connectivity index is 1.73. The number of nitriles is 1. The first kappa shape index (κ1) is 27.1. The minimum absolute atomic E-state index is 0.0874. The van der Waals surface area contributed by atoms with Gasteiger partial charge in [-0.3, -0.25) is 4.79 Å². The van der Waals surface area contributed by atoms with Gasteiger partial charge in [0.2, 0.25) is 5.91 Å². The number of rotatable bonds is 8. The van der Waals surface area contributed by atoms with E-state index in [1.807, 2.05) is 62.4 Å². The Labute approximate surface area is 231 Å². The van der Waals surface area contributed by atoms with Gasteiger partial charge in [0, 0.05) is 21.8 Å². The van der Waals surface area contributed by atoms with Crippen LogP contribution in [0.5, 0.6) is 11.5 Å². The molecule has 0 radical (unpaired) electrons. The minimum atomic E-state index is -0.187. The Morgan fingerprint density at radius 2 is 1.66 bits per heavy atom. The molecule has 1 N–H and O–H groups in total. The van der Waals surface area contributed by atoms with Crippen LogP contribution in [0, 0.1) is 25.2 Å². The van der Waals surface area contributed by atoms with Crippen molar-refractivity contribution < 1.29 is 14.3 Å². The number of benzene rings is 3. The van der Waals surface area contributed by atoms with Gasteiger partial charge in [-0.1, -0.05) is 47.6 Å². The van der Waals surface area contributed by atoms with Crippen molar-refractivity contribution in [3.63, 3.8) is 0 Å². The number of anilines is 1. The highest BCUT2D eigenvalue weighted by atomic mass is 35.5. The molecule has 38 heavy (non-hydrogen) atoms. The largest absolute Gasteiger partial charge is 0.493 e. The zero-order valence-corrected chi connectivity index (χ0v) is 23.0. The molecule has 8 heteroatoms. The minimum Gasteiger partial charge on any atom is -0.493 e. The molecule has 0 aliphatic carbocycles. The molecule has 192 valence electrons. The first-order chi connectivity index (χ1) is 18.3. The first-order valence-electron chi connectivity index (χ1n) is 11.8. The van der Waals surface area contributed by atoms with E-state index in [1.54, 1.807) is 32.4 Å². The molecule has 1 amide bonds. The number of thioether (sulfide) groups is 1. The highest BCUT2D eigenvalue weighted by Gasteiger charge is 2.18. The maximum Gasteiger partial charge on any atom is 0.234 e. The molecule has 4 aromatic rings. The lowest BCUT2D eigenvalue weighted by Crippen LogP contribution is -2.14. The van der Waals surface area contributed by atoms with Crippen LogP contribution in [-0.4, -0.2) is 30.9 Å². The summed E-state index contributed by atoms with van der Waals surface area (Å²) in [4.78, 5) is 17.6. The quantitative estimate of drug-likeness (QED) is 0.235. The molecule has 0 saturated heterocycles. The van der Waals surface area contributed by atoms with Crippen molar-refractivity contribution in [2.45, 2.75) is 18.9 Å². The molecule has 1 heterocycles. The number of methoxy groups -OCH3 is 2. The summed E-state index contributed by atoms with van der Waals surface area (Å²) in [7, 11) is 3.13. The molecule has 0 saturated carbocycles. The van der Waals surface area contributed by atoms with Crippen molar-refractivity contribution in [1.29, 1.82) is 5.26 Å². The van der Waals surface area contributed by atoms with E-state index in [-0.39, 0.29) is 11.7 Å². The number of halogens is 1. The van der Waals surface area contributed by atoms with Crippen LogP contribution in [0.15, 0.2) is 71.8 Å². The summed E-state index contributed by atoms with van der Waals surface area (Å²) in [5, 5.41) is 14.2. The third kappa shape index (κ3) is 6.10. The number of hydrogen-bond donors (Lipinski definition) is 1. The van der Waals surface area contributed by atoms with Crippen LogP contribution in [0.3, 0.4) is 0 Å². The lowest BCUT2D eigenvalue weighted by atomic mass is 9.99. The Morgan fingerprint density at radius 1 is 0.947 bits per heavy atom. The van der Waals surface area contributed by atoms with Crippen molar-refractivity contribution >= 4 is 35.0 Å². The average Bonchev–Trinajstić information content (AvgIpc) is 2.93. The van der Waals surface area contributed by atoms with Crippen LogP contribution < -0.4 is 14.8 Å². The van der Waals surface area contributed by atoms with Gasteiger partial charge >= 0.3 is 0 Å². The number of aryl methyl sites for hydroxylation is 2. The third-order valence-electron chi connectivity index (χ3n) is 6.06. The second-order valence-electron chi connectivity index (χ2n) is 8.56. The van der Waals surface area contributed by atoms with Gasteiger partial charge in [-0.05, 0) is 73.0 Å². The molecular weight excluding hydrogens is 518 g/mol. The summed E-state index contributed by atoms with van der Waals surface area (Å²) >= 11 is 7.32. The second-order valence-corrected chi connectivity index (χ2v) is 9.96. The monoisotopic (exact) mass is 543 g/mol. The zero-order chi connectivity index (χ0) is 27.2. The highest BCUT2D eigenvalue weighted by Crippen LogP contribution is 2.38. The maximum atomic E-state index is 12.8. The van der Waals surface area contributed by atoms with E-state index >= 15 is 0 Å². The van der Waals surface area contributed by atoms with Crippen molar-refractivity contribution in [3.8, 4) is 40.0 Å². The van der Waals surface area contributed by atoms with Gasteiger partial charge in [-0.25, -0.2) is 4.98 Å². The molecule has 0 atom stereocenters. The van der Waals surface area contributed by atoms with Crippen LogP contribution >= 0.6 is 23.4 Å². The fourth-order valence-corrected chi connectivity index (χ4v) is 4.81. The predicted molar refractivity (Wildman–Crippen MR) is 153 cm³/mol. The summed E-state index contributed by atoms with van der Waals surface area (Å²) in [6.07, 6.45) is 0. The summed E-state index contributed by atoms with van der Waals surface area (Å²) < 4.78 is 10.9. The Morgan fingerprint density at radius 3 is 2.32 bits per heavy atom. The number of nitrogens with zero attached hydrogens (tertiary/aromatic N) is 2. The van der Waals surface area contributed by atoms with Gasteiger partial charge in [0.15, 0.2) is 11.5 Å². The average molecular weight is 544 g/mol. The van der Waals surface area contributed by atoms with E-state index < -0.39 is 0 Å². The number of hydrogen-bond acceptors (Lipinski definition) is 6. The van der Waals surface area contributed by atoms with E-state index in [9.17, 15) is 10.1 Å². The predicted octanol–water partition coefficient (Wildman–Crippen LogP) is 7.31. The Kier molecular flexibility index (Phi) is 8.57. The van der Waals surface area contributed by atoms with Crippen LogP contribution in [-0.2, 0) is 4.79 Å². The molecular formula is C30H26ClN3O3S. The SMILES string of the molecule is COc1ccc(-c2cc(-c3ccc(Cl)cc3)nc(SCC(=O)Nc3ccc(C)c(C)c3)c2C#N)cc1OC. The Hall–Kier alpha value is -3.99. The lowest BCUT2D eigenvalue weighted by molar-refractivity contribution is -0.113. The molecule has 4 rings (SSSR count). The Bertz CT molecular complexity index is 1530. The van der Waals surface area contributed by atoms with E-state index in [0.717, 1.165) is 27.9 Å². The smallest absolute Gasteiger partial charge is 0.234 e. The molecule has 1 aromatic heterocycles. The highest BCUT2D eigenvalue weighted by molar-refractivity contribution is 8.00. The van der Waals surface area contributed by atoms with Crippen LogP contribution in [0.1, 0.15) is 16.7 Å². The summed E-state index contributed by atoms with van der Waals surface area (Å²) in [6, 6.07) is 22.7. The van der Waals surface area contributed by atoms with E-state index in [4.69, 9.17) is 26.1 Å². The fourth-order valence-electron chi connectivity index (χ4n) is 3.88. The third-order valence-corrected chi connectivity index (χ3v) is 7.29. The normalized spacial score (nSPS) is 10.5. The van der Waals surface area contributed by atoms with Crippen LogP contribution in [0.2, 0.25) is 5.02 Å². The van der Waals surface area contributed by atoms with Crippen molar-refractivity contribution in [2.24, 2.45) is 0 Å². The molecule has 0 aliphatic rings. The van der Waals surface area contributed by atoms with Crippen molar-refractivity contribution in [1.82, 2.24) is 4.98 Å². The number of carbonyl (C=O) groups is 1. The van der Waals surface area contributed by atoms with E-state index in [0.29, 0.717) is 38.4 Å². The number of aromatic nitrogens is 1. The van der Waals surface area contributed by atoms with Crippen molar-refractivity contribution in [2.75, 3.05) is 25.3 Å². The van der Waals surface area contributed by atoms with Gasteiger partial charge in [0.05, 0.1) is 31.2 Å². The summed E-state index contributed by atoms with van der Waals surface area (Å²) in [5.74, 6) is 1.03. The van der Waals surface area contributed by atoms with Crippen molar-refractivity contribution in [3.05, 3.63) is 88.4 Å². The molecule has 6 nitrogen and oxygen atoms in total. The van der Waals surface area contributed by atoms with Crippen LogP contribution in [0.25, 0.3) is 22.4 Å². The number of pyridine rings is 1. The van der Waals surface area contributed by atoms with Crippen LogP contribution in [0.4, 0.5) is 5.69 Å². The van der Waals surface area contributed by atoms with E-state index in [2.05, 4.69) is 11.4 Å². The van der Waals surface area contributed by atoms with Gasteiger partial charge < -0.3 is 14.8 Å². The molecule has 3 aromatic carbocycles. The number of amides is 1. The molecule has 0 spiro atoms. The van der Waals surface area contributed by atoms with Gasteiger partial charge in [0.1, 0.15) is 11.1 Å². The first-order valence-corrected chi connectivity index (χ1v) is 13.1. The zero-order valence-electron chi connectivity index (χ0n) is 21.5. The molecule has 0 aliphatic heterocycles. The number of carbonyl (C=O) groups excluding carboxylic acids is 1. The standard InChI is InChI=1S/C30H26ClN3O3S/c1-18-5-11-23(13-19(18)2)33-29(35)17-38-30-25(16-32)24(21-8-12-27(36-3)28(14-21)37-4)15-26(34-30)20-6-9-22(31)10-7-20/h5-15H,17H2,1-4H3,(H,33,35).